The summed E-state index contributed by atoms with van der Waals surface area (Å²) >= 11 is 0. The molecule has 2 fully saturated rings. The van der Waals surface area contributed by atoms with E-state index in [0.717, 1.165) is 18.7 Å². The molecule has 2 saturated heterocycles. The van der Waals surface area contributed by atoms with Crippen molar-refractivity contribution in [1.82, 2.24) is 14.9 Å². The summed E-state index contributed by atoms with van der Waals surface area (Å²) in [7, 11) is -1.99. The molecule has 2 aliphatic rings. The highest BCUT2D eigenvalue weighted by Crippen LogP contribution is 2.28. The summed E-state index contributed by atoms with van der Waals surface area (Å²) in [5, 5.41) is 3.22. The normalized spacial score (nSPS) is 21.7. The fourth-order valence-electron chi connectivity index (χ4n) is 4.30. The van der Waals surface area contributed by atoms with Crippen LogP contribution >= 0.6 is 0 Å². The Morgan fingerprint density at radius 2 is 2.03 bits per heavy atom. The second kappa shape index (κ2) is 8.89. The first-order chi connectivity index (χ1) is 15.3. The Morgan fingerprint density at radius 1 is 1.22 bits per heavy atom. The summed E-state index contributed by atoms with van der Waals surface area (Å²) in [6.45, 7) is 1.82. The number of methoxy groups -OCH3 is 1. The number of nitrogens with zero attached hydrogens (tertiary/aromatic N) is 4. The highest BCUT2D eigenvalue weighted by atomic mass is 32.2. The van der Waals surface area contributed by atoms with Crippen LogP contribution in [0.3, 0.4) is 0 Å². The summed E-state index contributed by atoms with van der Waals surface area (Å²) in [4.78, 5) is 24.9. The number of sulfone groups is 1. The van der Waals surface area contributed by atoms with Gasteiger partial charge in [0.1, 0.15) is 11.6 Å². The van der Waals surface area contributed by atoms with E-state index in [1.165, 1.54) is 25.4 Å². The Morgan fingerprint density at radius 3 is 2.62 bits per heavy atom. The second-order valence-corrected chi connectivity index (χ2v) is 10.1. The van der Waals surface area contributed by atoms with Crippen molar-refractivity contribution in [2.45, 2.75) is 36.2 Å². The van der Waals surface area contributed by atoms with E-state index in [4.69, 9.17) is 4.74 Å². The van der Waals surface area contributed by atoms with E-state index in [-0.39, 0.29) is 28.6 Å². The lowest BCUT2D eigenvalue weighted by Gasteiger charge is -2.43. The minimum Gasteiger partial charge on any atom is -0.480 e. The first-order valence-electron chi connectivity index (χ1n) is 10.4. The predicted octanol–water partition coefficient (Wildman–Crippen LogP) is 1.71. The largest absolute Gasteiger partial charge is 0.480 e. The van der Waals surface area contributed by atoms with Gasteiger partial charge in [-0.2, -0.15) is 0 Å². The van der Waals surface area contributed by atoms with Gasteiger partial charge in [0.15, 0.2) is 9.84 Å². The van der Waals surface area contributed by atoms with Gasteiger partial charge in [0, 0.05) is 32.3 Å². The van der Waals surface area contributed by atoms with Crippen molar-refractivity contribution in [3.05, 3.63) is 36.4 Å². The summed E-state index contributed by atoms with van der Waals surface area (Å²) in [6.07, 6.45) is 6.22. The van der Waals surface area contributed by atoms with Gasteiger partial charge in [0.05, 0.1) is 42.2 Å². The third-order valence-electron chi connectivity index (χ3n) is 5.94. The van der Waals surface area contributed by atoms with Crippen LogP contribution in [0.15, 0.2) is 35.5 Å². The van der Waals surface area contributed by atoms with Crippen molar-refractivity contribution in [3.63, 3.8) is 0 Å². The average Bonchev–Trinajstić information content (AvgIpc) is 3.20. The van der Waals surface area contributed by atoms with Crippen LogP contribution in [-0.2, 0) is 14.6 Å². The number of anilines is 2. The zero-order valence-corrected chi connectivity index (χ0v) is 18.8. The number of amides is 1. The molecular formula is C21H26FN5O4S. The quantitative estimate of drug-likeness (QED) is 0.691. The molecule has 1 aromatic heterocycles. The van der Waals surface area contributed by atoms with Gasteiger partial charge in [-0.25, -0.2) is 22.8 Å². The van der Waals surface area contributed by atoms with Crippen LogP contribution in [0, 0.1) is 5.82 Å². The molecule has 0 radical (unpaired) electrons. The van der Waals surface area contributed by atoms with Crippen LogP contribution in [0.5, 0.6) is 5.88 Å². The molecule has 0 bridgehead atoms. The number of hydrogen-bond donors (Lipinski definition) is 1. The number of rotatable bonds is 6. The van der Waals surface area contributed by atoms with E-state index in [1.54, 1.807) is 6.20 Å². The summed E-state index contributed by atoms with van der Waals surface area (Å²) in [5.74, 6) is 0.527. The van der Waals surface area contributed by atoms with Gasteiger partial charge in [-0.05, 0) is 31.0 Å². The maximum atomic E-state index is 14.8. The molecule has 2 atom stereocenters. The van der Waals surface area contributed by atoms with Gasteiger partial charge in [-0.1, -0.05) is 0 Å². The number of carbonyl (C=O) groups is 1. The maximum Gasteiger partial charge on any atom is 0.232 e. The Labute approximate surface area is 186 Å². The van der Waals surface area contributed by atoms with Gasteiger partial charge < -0.3 is 19.9 Å². The standard InChI is InChI=1S/C21H26FN5O4S/c1-31-20-12-23-19(11-24-20)26-9-7-18(27-8-3-4-21(27)28)17(13-26)25-16-6-5-14(10-15(16)22)32(2,29)30/h5-6,10-12,17-18,25H,3-4,7-9,13H2,1-2H3/t17-,18?/m1/s1. The lowest BCUT2D eigenvalue weighted by Crippen LogP contribution is -2.57. The topological polar surface area (TPSA) is 105 Å². The number of carbonyl (C=O) groups excluding carboxylic acids is 1. The van der Waals surface area contributed by atoms with Crippen LogP contribution in [0.2, 0.25) is 0 Å². The number of halogens is 1. The molecular weight excluding hydrogens is 437 g/mol. The van der Waals surface area contributed by atoms with Crippen molar-refractivity contribution in [2.24, 2.45) is 0 Å². The smallest absolute Gasteiger partial charge is 0.232 e. The molecule has 1 amide bonds. The van der Waals surface area contributed by atoms with E-state index in [2.05, 4.69) is 15.3 Å². The number of likely N-dealkylation sites (tertiary alicyclic amines) is 1. The second-order valence-electron chi connectivity index (χ2n) is 8.07. The zero-order valence-electron chi connectivity index (χ0n) is 18.0. The Kier molecular flexibility index (Phi) is 6.18. The van der Waals surface area contributed by atoms with Crippen molar-refractivity contribution in [2.75, 3.05) is 43.2 Å². The van der Waals surface area contributed by atoms with Gasteiger partial charge in [0.25, 0.3) is 0 Å². The average molecular weight is 464 g/mol. The first kappa shape index (κ1) is 22.3. The lowest BCUT2D eigenvalue weighted by molar-refractivity contribution is -0.130. The van der Waals surface area contributed by atoms with Crippen LogP contribution < -0.4 is 15.0 Å². The van der Waals surface area contributed by atoms with Crippen LogP contribution in [0.4, 0.5) is 15.9 Å². The predicted molar refractivity (Wildman–Crippen MR) is 117 cm³/mol. The summed E-state index contributed by atoms with van der Waals surface area (Å²) in [6, 6.07) is 3.44. The molecule has 32 heavy (non-hydrogen) atoms. The van der Waals surface area contributed by atoms with Crippen LogP contribution in [0.1, 0.15) is 19.3 Å². The molecule has 4 rings (SSSR count). The molecule has 3 heterocycles. The number of piperidine rings is 1. The number of ether oxygens (including phenoxy) is 1. The number of hydrogen-bond acceptors (Lipinski definition) is 8. The molecule has 0 aliphatic carbocycles. The molecule has 11 heteroatoms. The summed E-state index contributed by atoms with van der Waals surface area (Å²) in [5.41, 5.74) is 0.196. The highest BCUT2D eigenvalue weighted by molar-refractivity contribution is 7.90. The van der Waals surface area contributed by atoms with E-state index in [9.17, 15) is 17.6 Å². The first-order valence-corrected chi connectivity index (χ1v) is 12.3. The summed E-state index contributed by atoms with van der Waals surface area (Å²) < 4.78 is 43.3. The fraction of sp³-hybridized carbons (Fsp3) is 0.476. The highest BCUT2D eigenvalue weighted by Gasteiger charge is 2.38. The zero-order chi connectivity index (χ0) is 22.9. The van der Waals surface area contributed by atoms with E-state index >= 15 is 0 Å². The minimum atomic E-state index is -3.51. The monoisotopic (exact) mass is 463 g/mol. The van der Waals surface area contributed by atoms with Crippen molar-refractivity contribution >= 4 is 27.2 Å². The van der Waals surface area contributed by atoms with Gasteiger partial charge in [-0.15, -0.1) is 0 Å². The third kappa shape index (κ3) is 4.62. The molecule has 1 aromatic carbocycles. The SMILES string of the molecule is COc1cnc(N2CCC(N3CCCC3=O)[C@H](Nc3ccc(S(C)(=O)=O)cc3F)C2)cn1. The Balaban J connectivity index is 1.59. The fourth-order valence-corrected chi connectivity index (χ4v) is 4.94. The molecule has 2 aliphatic heterocycles. The number of aromatic nitrogens is 2. The Hall–Kier alpha value is -2.95. The number of benzene rings is 1. The molecule has 172 valence electrons. The Bertz CT molecular complexity index is 1100. The molecule has 1 unspecified atom stereocenters. The van der Waals surface area contributed by atoms with Crippen molar-refractivity contribution in [3.8, 4) is 5.88 Å². The van der Waals surface area contributed by atoms with E-state index in [0.29, 0.717) is 44.2 Å². The van der Waals surface area contributed by atoms with Crippen molar-refractivity contribution < 1.29 is 22.3 Å². The van der Waals surface area contributed by atoms with E-state index < -0.39 is 15.7 Å². The lowest BCUT2D eigenvalue weighted by atomic mass is 9.97. The molecule has 0 spiro atoms. The van der Waals surface area contributed by atoms with Crippen molar-refractivity contribution in [1.29, 1.82) is 0 Å². The molecule has 9 nitrogen and oxygen atoms in total. The molecule has 1 N–H and O–H groups in total. The minimum absolute atomic E-state index is 0.0781. The van der Waals surface area contributed by atoms with Gasteiger partial charge in [0.2, 0.25) is 11.8 Å². The maximum absolute atomic E-state index is 14.8. The molecule has 2 aromatic rings. The molecule has 0 saturated carbocycles. The third-order valence-corrected chi connectivity index (χ3v) is 7.05. The van der Waals surface area contributed by atoms with Gasteiger partial charge in [-0.3, -0.25) is 4.79 Å². The number of nitrogens with one attached hydrogen (secondary N) is 1. The van der Waals surface area contributed by atoms with Crippen LogP contribution in [0.25, 0.3) is 0 Å². The van der Waals surface area contributed by atoms with Crippen LogP contribution in [-0.4, -0.2) is 74.3 Å². The van der Waals surface area contributed by atoms with E-state index in [1.807, 2.05) is 9.80 Å². The van der Waals surface area contributed by atoms with Gasteiger partial charge >= 0.3 is 0 Å².